The number of carbonyl (C=O) groups excluding carboxylic acids is 1. The van der Waals surface area contributed by atoms with Crippen molar-refractivity contribution < 1.29 is 18.8 Å². The summed E-state index contributed by atoms with van der Waals surface area (Å²) < 4.78 is 25.1. The van der Waals surface area contributed by atoms with Crippen molar-refractivity contribution in [2.24, 2.45) is 0 Å². The van der Waals surface area contributed by atoms with Gasteiger partial charge in [0.05, 0.1) is 14.2 Å². The van der Waals surface area contributed by atoms with Crippen LogP contribution in [0.2, 0.25) is 0 Å². The lowest BCUT2D eigenvalue weighted by Crippen LogP contribution is -2.23. The first-order valence-corrected chi connectivity index (χ1v) is 10.2. The molecule has 3 aromatic rings. The molecule has 0 saturated carbocycles. The number of carbonyl (C=O) groups is 1. The smallest absolute Gasteiger partial charge is 0.237 e. The first-order chi connectivity index (χ1) is 13.0. The van der Waals surface area contributed by atoms with E-state index in [1.54, 1.807) is 60.7 Å². The minimum Gasteiger partial charge on any atom is -0.496 e. The van der Waals surface area contributed by atoms with Crippen molar-refractivity contribution in [3.8, 4) is 11.5 Å². The number of hydrogen-bond acceptors (Lipinski definition) is 4. The molecule has 27 heavy (non-hydrogen) atoms. The third kappa shape index (κ3) is 3.41. The Morgan fingerprint density at radius 3 is 1.56 bits per heavy atom. The summed E-state index contributed by atoms with van der Waals surface area (Å²) in [6, 6.07) is 21.2. The van der Waals surface area contributed by atoms with Gasteiger partial charge in [-0.15, -0.1) is 0 Å². The minimum absolute atomic E-state index is 0.196. The standard InChI is InChI=1S/C22H21O4P/c1-16-14-19(25-2)21(20(15-16)26-3)22(23)27(24,17-10-6-4-7-11-17)18-12-8-5-9-13-18/h4-15H,1-3H3. The lowest BCUT2D eigenvalue weighted by Gasteiger charge is -2.21. The van der Waals surface area contributed by atoms with Crippen molar-refractivity contribution in [1.82, 2.24) is 0 Å². The van der Waals surface area contributed by atoms with Gasteiger partial charge in [-0.2, -0.15) is 0 Å². The lowest BCUT2D eigenvalue weighted by atomic mass is 10.1. The van der Waals surface area contributed by atoms with Crippen molar-refractivity contribution in [2.45, 2.75) is 6.92 Å². The molecule has 0 heterocycles. The number of benzene rings is 3. The summed E-state index contributed by atoms with van der Waals surface area (Å²) in [5.41, 5.74) is 0.574. The molecule has 5 heteroatoms. The summed E-state index contributed by atoms with van der Waals surface area (Å²) in [4.78, 5) is 13.7. The minimum atomic E-state index is -3.63. The van der Waals surface area contributed by atoms with E-state index in [0.717, 1.165) is 5.56 Å². The lowest BCUT2D eigenvalue weighted by molar-refractivity contribution is 0.107. The molecular weight excluding hydrogens is 359 g/mol. The second-order valence-corrected chi connectivity index (χ2v) is 8.79. The van der Waals surface area contributed by atoms with Gasteiger partial charge < -0.3 is 14.0 Å². The van der Waals surface area contributed by atoms with Crippen LogP contribution in [0.5, 0.6) is 11.5 Å². The van der Waals surface area contributed by atoms with Crippen LogP contribution in [0.15, 0.2) is 72.8 Å². The maximum absolute atomic E-state index is 14.3. The zero-order valence-corrected chi connectivity index (χ0v) is 16.4. The monoisotopic (exact) mass is 380 g/mol. The third-order valence-corrected chi connectivity index (χ3v) is 7.24. The van der Waals surface area contributed by atoms with Crippen molar-refractivity contribution in [3.63, 3.8) is 0 Å². The van der Waals surface area contributed by atoms with E-state index in [9.17, 15) is 9.36 Å². The fraction of sp³-hybridized carbons (Fsp3) is 0.136. The molecule has 0 atom stereocenters. The average Bonchev–Trinajstić information content (AvgIpc) is 2.73. The number of hydrogen-bond donors (Lipinski definition) is 0. The van der Waals surface area contributed by atoms with Gasteiger partial charge in [-0.25, -0.2) is 0 Å². The number of rotatable bonds is 6. The molecule has 0 aliphatic heterocycles. The van der Waals surface area contributed by atoms with Gasteiger partial charge in [-0.05, 0) is 24.6 Å². The molecule has 0 N–H and O–H groups in total. The van der Waals surface area contributed by atoms with Crippen LogP contribution < -0.4 is 20.1 Å². The van der Waals surface area contributed by atoms with Crippen LogP contribution in [0.3, 0.4) is 0 Å². The van der Waals surface area contributed by atoms with E-state index in [2.05, 4.69) is 0 Å². The maximum Gasteiger partial charge on any atom is 0.237 e. The topological polar surface area (TPSA) is 52.6 Å². The fourth-order valence-corrected chi connectivity index (χ4v) is 5.56. The van der Waals surface area contributed by atoms with Gasteiger partial charge in [0.15, 0.2) is 0 Å². The highest BCUT2D eigenvalue weighted by molar-refractivity contribution is 7.93. The van der Waals surface area contributed by atoms with E-state index < -0.39 is 12.7 Å². The van der Waals surface area contributed by atoms with Crippen LogP contribution >= 0.6 is 7.14 Å². The second-order valence-electron chi connectivity index (χ2n) is 6.13. The fourth-order valence-electron chi connectivity index (χ4n) is 3.07. The van der Waals surface area contributed by atoms with E-state index in [0.29, 0.717) is 22.1 Å². The van der Waals surface area contributed by atoms with Crippen molar-refractivity contribution in [2.75, 3.05) is 14.2 Å². The molecule has 3 rings (SSSR count). The van der Waals surface area contributed by atoms with Gasteiger partial charge in [-0.1, -0.05) is 60.7 Å². The highest BCUT2D eigenvalue weighted by atomic mass is 31.2. The number of methoxy groups -OCH3 is 2. The van der Waals surface area contributed by atoms with Gasteiger partial charge in [-0.3, -0.25) is 4.79 Å². The van der Waals surface area contributed by atoms with Crippen molar-refractivity contribution in [3.05, 3.63) is 83.9 Å². The predicted octanol–water partition coefficient (Wildman–Crippen LogP) is 4.17. The van der Waals surface area contributed by atoms with Crippen LogP contribution in [0, 0.1) is 6.92 Å². The van der Waals surface area contributed by atoms with Gasteiger partial charge in [0.1, 0.15) is 17.1 Å². The van der Waals surface area contributed by atoms with Gasteiger partial charge >= 0.3 is 0 Å². The van der Waals surface area contributed by atoms with E-state index in [4.69, 9.17) is 9.47 Å². The second kappa shape index (κ2) is 7.81. The first-order valence-electron chi connectivity index (χ1n) is 8.51. The molecule has 0 aromatic heterocycles. The predicted molar refractivity (Wildman–Crippen MR) is 108 cm³/mol. The van der Waals surface area contributed by atoms with E-state index >= 15 is 0 Å². The van der Waals surface area contributed by atoms with Gasteiger partial charge in [0, 0.05) is 10.6 Å². The number of ether oxygens (including phenoxy) is 2. The van der Waals surface area contributed by atoms with Crippen LogP contribution in [0.4, 0.5) is 0 Å². The Hall–Kier alpha value is -2.84. The largest absolute Gasteiger partial charge is 0.496 e. The zero-order chi connectivity index (χ0) is 19.4. The molecule has 0 aliphatic carbocycles. The summed E-state index contributed by atoms with van der Waals surface area (Å²) in [6.45, 7) is 1.88. The molecule has 0 unspecified atom stereocenters. The van der Waals surface area contributed by atoms with Crippen molar-refractivity contribution >= 4 is 23.3 Å². The van der Waals surface area contributed by atoms with Crippen LogP contribution in [0.25, 0.3) is 0 Å². The van der Waals surface area contributed by atoms with Gasteiger partial charge in [0.25, 0.3) is 0 Å². The molecule has 0 bridgehead atoms. The summed E-state index contributed by atoms with van der Waals surface area (Å²) in [6.07, 6.45) is 0. The summed E-state index contributed by atoms with van der Waals surface area (Å²) in [5.74, 6) is 0.702. The molecule has 0 radical (unpaired) electrons. The average molecular weight is 380 g/mol. The molecular formula is C22H21O4P. The maximum atomic E-state index is 14.3. The highest BCUT2D eigenvalue weighted by Gasteiger charge is 2.39. The molecule has 0 saturated heterocycles. The molecule has 0 amide bonds. The Balaban J connectivity index is 2.30. The molecule has 0 aliphatic rings. The first kappa shape index (κ1) is 18.9. The Morgan fingerprint density at radius 1 is 0.778 bits per heavy atom. The summed E-state index contributed by atoms with van der Waals surface area (Å²) >= 11 is 0. The Bertz CT molecular complexity index is 929. The van der Waals surface area contributed by atoms with Gasteiger partial charge in [0.2, 0.25) is 12.7 Å². The quantitative estimate of drug-likeness (QED) is 0.603. The van der Waals surface area contributed by atoms with Crippen LogP contribution in [-0.2, 0) is 4.57 Å². The third-order valence-electron chi connectivity index (χ3n) is 4.39. The SMILES string of the molecule is COc1cc(C)cc(OC)c1C(=O)P(=O)(c1ccccc1)c1ccccc1. The van der Waals surface area contributed by atoms with Crippen molar-refractivity contribution in [1.29, 1.82) is 0 Å². The Kier molecular flexibility index (Phi) is 5.48. The highest BCUT2D eigenvalue weighted by Crippen LogP contribution is 2.50. The number of aryl methyl sites for hydroxylation is 1. The summed E-state index contributed by atoms with van der Waals surface area (Å²) in [5, 5.41) is 0.955. The Labute approximate surface area is 159 Å². The molecule has 138 valence electrons. The summed E-state index contributed by atoms with van der Waals surface area (Å²) in [7, 11) is -0.657. The normalized spacial score (nSPS) is 11.1. The van der Waals surface area contributed by atoms with Crippen LogP contribution in [0.1, 0.15) is 15.9 Å². The molecule has 3 aromatic carbocycles. The zero-order valence-electron chi connectivity index (χ0n) is 15.5. The molecule has 4 nitrogen and oxygen atoms in total. The van der Waals surface area contributed by atoms with E-state index in [-0.39, 0.29) is 5.56 Å². The Morgan fingerprint density at radius 2 is 1.19 bits per heavy atom. The van der Waals surface area contributed by atoms with Crippen LogP contribution in [-0.4, -0.2) is 19.7 Å². The molecule has 0 spiro atoms. The molecule has 0 fully saturated rings. The van der Waals surface area contributed by atoms with E-state index in [1.807, 2.05) is 19.1 Å². The van der Waals surface area contributed by atoms with E-state index in [1.165, 1.54) is 14.2 Å².